The standard InChI is InChI=1S/C22H28O4/c1-16(2)21(23)20(22(24)25-3)14-11-17-9-12-19(13-10-17)26-15-18-7-5-4-6-8-18/h4-10,12-13,16,20-21,23H,11,14-15H2,1-3H3. The second-order valence-electron chi connectivity index (χ2n) is 6.82. The molecule has 0 saturated carbocycles. The minimum atomic E-state index is -0.698. The molecule has 2 unspecified atom stereocenters. The highest BCUT2D eigenvalue weighted by Gasteiger charge is 2.29. The number of carbonyl (C=O) groups is 1. The number of aryl methyl sites for hydroxylation is 1. The lowest BCUT2D eigenvalue weighted by Gasteiger charge is -2.23. The van der Waals surface area contributed by atoms with Crippen molar-refractivity contribution in [2.24, 2.45) is 11.8 Å². The Morgan fingerprint density at radius 2 is 1.65 bits per heavy atom. The van der Waals surface area contributed by atoms with E-state index in [1.807, 2.05) is 68.4 Å². The Balaban J connectivity index is 1.90. The molecule has 2 atom stereocenters. The maximum absolute atomic E-state index is 12.0. The fraction of sp³-hybridized carbons (Fsp3) is 0.409. The molecule has 0 heterocycles. The SMILES string of the molecule is COC(=O)C(CCc1ccc(OCc2ccccc2)cc1)C(O)C(C)C. The number of carbonyl (C=O) groups excluding carboxylic acids is 1. The molecule has 0 aliphatic heterocycles. The molecule has 2 rings (SSSR count). The average Bonchev–Trinajstić information content (AvgIpc) is 2.67. The van der Waals surface area contributed by atoms with Crippen LogP contribution in [0.15, 0.2) is 54.6 Å². The van der Waals surface area contributed by atoms with Crippen LogP contribution >= 0.6 is 0 Å². The van der Waals surface area contributed by atoms with Crippen molar-refractivity contribution in [2.45, 2.75) is 39.4 Å². The summed E-state index contributed by atoms with van der Waals surface area (Å²) in [5.41, 5.74) is 2.22. The number of hydrogen-bond donors (Lipinski definition) is 1. The third-order valence-corrected chi connectivity index (χ3v) is 4.51. The minimum absolute atomic E-state index is 0.00728. The highest BCUT2D eigenvalue weighted by molar-refractivity contribution is 5.73. The van der Waals surface area contributed by atoms with E-state index in [4.69, 9.17) is 9.47 Å². The maximum atomic E-state index is 12.0. The van der Waals surface area contributed by atoms with Gasteiger partial charge in [0, 0.05) is 0 Å². The Kier molecular flexibility index (Phi) is 7.67. The van der Waals surface area contributed by atoms with Crippen molar-refractivity contribution in [2.75, 3.05) is 7.11 Å². The van der Waals surface area contributed by atoms with Gasteiger partial charge in [0.25, 0.3) is 0 Å². The molecule has 2 aromatic carbocycles. The summed E-state index contributed by atoms with van der Waals surface area (Å²) in [4.78, 5) is 12.0. The predicted octanol–water partition coefficient (Wildman–Crippen LogP) is 4.00. The topological polar surface area (TPSA) is 55.8 Å². The predicted molar refractivity (Wildman–Crippen MR) is 102 cm³/mol. The molecule has 140 valence electrons. The van der Waals surface area contributed by atoms with Crippen LogP contribution in [0.25, 0.3) is 0 Å². The minimum Gasteiger partial charge on any atom is -0.489 e. The number of rotatable bonds is 9. The van der Waals surface area contributed by atoms with Crippen LogP contribution in [0.5, 0.6) is 5.75 Å². The van der Waals surface area contributed by atoms with E-state index in [-0.39, 0.29) is 11.9 Å². The lowest BCUT2D eigenvalue weighted by Crippen LogP contribution is -2.33. The zero-order valence-electron chi connectivity index (χ0n) is 15.7. The molecule has 26 heavy (non-hydrogen) atoms. The van der Waals surface area contributed by atoms with Crippen LogP contribution in [-0.2, 0) is 22.6 Å². The van der Waals surface area contributed by atoms with Gasteiger partial charge in [0.05, 0.1) is 19.1 Å². The molecular weight excluding hydrogens is 328 g/mol. The Labute approximate surface area is 155 Å². The summed E-state index contributed by atoms with van der Waals surface area (Å²) in [6.07, 6.45) is 0.551. The van der Waals surface area contributed by atoms with Crippen LogP contribution in [0.1, 0.15) is 31.4 Å². The van der Waals surface area contributed by atoms with Gasteiger partial charge in [0.1, 0.15) is 12.4 Å². The van der Waals surface area contributed by atoms with Gasteiger partial charge in [-0.05, 0) is 42.0 Å². The molecule has 0 bridgehead atoms. The van der Waals surface area contributed by atoms with E-state index >= 15 is 0 Å². The Morgan fingerprint density at radius 1 is 1.00 bits per heavy atom. The molecule has 2 aromatic rings. The van der Waals surface area contributed by atoms with Crippen molar-refractivity contribution >= 4 is 5.97 Å². The van der Waals surface area contributed by atoms with E-state index in [0.717, 1.165) is 16.9 Å². The van der Waals surface area contributed by atoms with E-state index in [1.165, 1.54) is 7.11 Å². The second kappa shape index (κ2) is 9.97. The van der Waals surface area contributed by atoms with Crippen LogP contribution in [0.4, 0.5) is 0 Å². The summed E-state index contributed by atoms with van der Waals surface area (Å²) in [5, 5.41) is 10.3. The van der Waals surface area contributed by atoms with Crippen LogP contribution in [0.3, 0.4) is 0 Å². The first-order chi connectivity index (χ1) is 12.5. The van der Waals surface area contributed by atoms with Gasteiger partial charge >= 0.3 is 5.97 Å². The van der Waals surface area contributed by atoms with Crippen LogP contribution in [0.2, 0.25) is 0 Å². The molecule has 0 fully saturated rings. The molecule has 0 radical (unpaired) electrons. The van der Waals surface area contributed by atoms with Crippen LogP contribution in [0, 0.1) is 11.8 Å². The van der Waals surface area contributed by atoms with Crippen molar-refractivity contribution in [3.8, 4) is 5.75 Å². The number of aliphatic hydroxyl groups excluding tert-OH is 1. The van der Waals surface area contributed by atoms with Gasteiger partial charge in [0.2, 0.25) is 0 Å². The molecule has 0 aromatic heterocycles. The molecular formula is C22H28O4. The summed E-state index contributed by atoms with van der Waals surface area (Å²) in [5.74, 6) is -0.0415. The lowest BCUT2D eigenvalue weighted by atomic mass is 9.88. The molecule has 4 nitrogen and oxygen atoms in total. The first-order valence-corrected chi connectivity index (χ1v) is 9.02. The lowest BCUT2D eigenvalue weighted by molar-refractivity contribution is -0.151. The van der Waals surface area contributed by atoms with Crippen molar-refractivity contribution in [1.29, 1.82) is 0 Å². The molecule has 0 aliphatic rings. The van der Waals surface area contributed by atoms with Gasteiger partial charge < -0.3 is 14.6 Å². The fourth-order valence-corrected chi connectivity index (χ4v) is 2.86. The zero-order chi connectivity index (χ0) is 18.9. The van der Waals surface area contributed by atoms with E-state index in [2.05, 4.69) is 0 Å². The number of benzene rings is 2. The van der Waals surface area contributed by atoms with Gasteiger partial charge in [-0.2, -0.15) is 0 Å². The highest BCUT2D eigenvalue weighted by Crippen LogP contribution is 2.22. The largest absolute Gasteiger partial charge is 0.489 e. The van der Waals surface area contributed by atoms with E-state index < -0.39 is 12.0 Å². The summed E-state index contributed by atoms with van der Waals surface area (Å²) in [6.45, 7) is 4.34. The second-order valence-corrected chi connectivity index (χ2v) is 6.82. The number of hydrogen-bond acceptors (Lipinski definition) is 4. The van der Waals surface area contributed by atoms with Gasteiger partial charge in [-0.15, -0.1) is 0 Å². The van der Waals surface area contributed by atoms with Crippen molar-refractivity contribution < 1.29 is 19.4 Å². The van der Waals surface area contributed by atoms with Gasteiger partial charge in [-0.3, -0.25) is 4.79 Å². The molecule has 4 heteroatoms. The molecule has 0 saturated heterocycles. The molecule has 0 amide bonds. The monoisotopic (exact) mass is 356 g/mol. The number of methoxy groups -OCH3 is 1. The number of esters is 1. The molecule has 0 aliphatic carbocycles. The quantitative estimate of drug-likeness (QED) is 0.690. The van der Waals surface area contributed by atoms with Gasteiger partial charge in [-0.25, -0.2) is 0 Å². The van der Waals surface area contributed by atoms with Crippen LogP contribution in [-0.4, -0.2) is 24.3 Å². The number of aliphatic hydroxyl groups is 1. The van der Waals surface area contributed by atoms with Gasteiger partial charge in [-0.1, -0.05) is 56.3 Å². The van der Waals surface area contributed by atoms with E-state index in [0.29, 0.717) is 19.4 Å². The van der Waals surface area contributed by atoms with Crippen LogP contribution < -0.4 is 4.74 Å². The average molecular weight is 356 g/mol. The Hall–Kier alpha value is -2.33. The molecule has 1 N–H and O–H groups in total. The van der Waals surface area contributed by atoms with Crippen molar-refractivity contribution in [3.05, 3.63) is 65.7 Å². The smallest absolute Gasteiger partial charge is 0.311 e. The Morgan fingerprint density at radius 3 is 2.23 bits per heavy atom. The third kappa shape index (κ3) is 5.88. The van der Waals surface area contributed by atoms with Crippen molar-refractivity contribution in [3.63, 3.8) is 0 Å². The normalized spacial score (nSPS) is 13.3. The summed E-state index contributed by atoms with van der Waals surface area (Å²) < 4.78 is 10.6. The fourth-order valence-electron chi connectivity index (χ4n) is 2.86. The van der Waals surface area contributed by atoms with Crippen molar-refractivity contribution in [1.82, 2.24) is 0 Å². The first kappa shape index (κ1) is 20.0. The zero-order valence-corrected chi connectivity index (χ0v) is 15.7. The summed E-state index contributed by atoms with van der Waals surface area (Å²) in [6, 6.07) is 17.9. The molecule has 0 spiro atoms. The van der Waals surface area contributed by atoms with Gasteiger partial charge in [0.15, 0.2) is 0 Å². The van der Waals surface area contributed by atoms with E-state index in [9.17, 15) is 9.90 Å². The Bertz CT molecular complexity index is 664. The maximum Gasteiger partial charge on any atom is 0.311 e. The number of ether oxygens (including phenoxy) is 2. The summed E-state index contributed by atoms with van der Waals surface area (Å²) in [7, 11) is 1.36. The summed E-state index contributed by atoms with van der Waals surface area (Å²) >= 11 is 0. The highest BCUT2D eigenvalue weighted by atomic mass is 16.5. The first-order valence-electron chi connectivity index (χ1n) is 9.02. The van der Waals surface area contributed by atoms with E-state index in [1.54, 1.807) is 0 Å². The third-order valence-electron chi connectivity index (χ3n) is 4.51.